The summed E-state index contributed by atoms with van der Waals surface area (Å²) in [5.74, 6) is -1.31. The summed E-state index contributed by atoms with van der Waals surface area (Å²) in [6.45, 7) is 0.662. The Bertz CT molecular complexity index is 1160. The van der Waals surface area contributed by atoms with Gasteiger partial charge in [0.2, 0.25) is 0 Å². The maximum absolute atomic E-state index is 12.7. The number of carbonyl (C=O) groups is 2. The van der Waals surface area contributed by atoms with Crippen molar-refractivity contribution in [2.45, 2.75) is 19.0 Å². The zero-order valence-electron chi connectivity index (χ0n) is 16.5. The summed E-state index contributed by atoms with van der Waals surface area (Å²) >= 11 is 1.66. The monoisotopic (exact) mass is 432 g/mol. The lowest BCUT2D eigenvalue weighted by molar-refractivity contribution is -0.137. The predicted molar refractivity (Wildman–Crippen MR) is 118 cm³/mol. The molecule has 0 aliphatic rings. The highest BCUT2D eigenvalue weighted by atomic mass is 32.1. The fourth-order valence-electron chi connectivity index (χ4n) is 3.22. The van der Waals surface area contributed by atoms with Crippen molar-refractivity contribution in [2.24, 2.45) is 0 Å². The molecule has 0 spiro atoms. The maximum atomic E-state index is 12.7. The third-order valence-corrected chi connectivity index (χ3v) is 5.63. The van der Waals surface area contributed by atoms with E-state index in [0.717, 1.165) is 16.8 Å². The first-order chi connectivity index (χ1) is 15.1. The smallest absolute Gasteiger partial charge is 0.305 e. The lowest BCUT2D eigenvalue weighted by atomic mass is 10.0. The van der Waals surface area contributed by atoms with Gasteiger partial charge in [-0.1, -0.05) is 53.7 Å². The molecule has 0 aliphatic carbocycles. The molecule has 31 heavy (non-hydrogen) atoms. The number of amides is 1. The lowest BCUT2D eigenvalue weighted by Gasteiger charge is -2.17. The molecule has 8 heteroatoms. The first kappa shape index (κ1) is 20.5. The standard InChI is InChI=1S/C23H20N4O3S/c28-22(29)13-20(16-5-2-1-3-6-16)24-23(30)18-10-8-17(9-11-18)21-15-27(26-25-21)14-19-7-4-12-31-19/h1-12,15,20H,13-14H2,(H,24,30)(H,28,29)/t20-/m1/s1. The summed E-state index contributed by atoms with van der Waals surface area (Å²) in [7, 11) is 0. The van der Waals surface area contributed by atoms with Crippen LogP contribution >= 0.6 is 11.3 Å². The molecule has 0 saturated carbocycles. The van der Waals surface area contributed by atoms with E-state index in [-0.39, 0.29) is 12.3 Å². The van der Waals surface area contributed by atoms with E-state index in [2.05, 4.69) is 15.6 Å². The molecule has 4 aromatic rings. The second-order valence-electron chi connectivity index (χ2n) is 6.99. The predicted octanol–water partition coefficient (Wildman–Crippen LogP) is 4.00. The fourth-order valence-corrected chi connectivity index (χ4v) is 3.91. The van der Waals surface area contributed by atoms with E-state index >= 15 is 0 Å². The van der Waals surface area contributed by atoms with Crippen molar-refractivity contribution >= 4 is 23.2 Å². The van der Waals surface area contributed by atoms with Crippen molar-refractivity contribution in [3.8, 4) is 11.3 Å². The minimum atomic E-state index is -0.977. The van der Waals surface area contributed by atoms with Crippen LogP contribution in [0, 0.1) is 0 Å². The van der Waals surface area contributed by atoms with Crippen molar-refractivity contribution in [1.29, 1.82) is 0 Å². The second-order valence-corrected chi connectivity index (χ2v) is 8.02. The summed E-state index contributed by atoms with van der Waals surface area (Å²) in [5, 5.41) is 22.4. The zero-order chi connectivity index (χ0) is 21.6. The molecule has 0 radical (unpaired) electrons. The number of hydrogen-bond donors (Lipinski definition) is 2. The molecule has 0 bridgehead atoms. The SMILES string of the molecule is O=C(O)C[C@@H](NC(=O)c1ccc(-c2cn(Cc3cccs3)nn2)cc1)c1ccccc1. The van der Waals surface area contributed by atoms with Gasteiger partial charge in [-0.25, -0.2) is 4.68 Å². The van der Waals surface area contributed by atoms with Crippen molar-refractivity contribution < 1.29 is 14.7 Å². The summed E-state index contributed by atoms with van der Waals surface area (Å²) < 4.78 is 1.78. The molecule has 2 heterocycles. The van der Waals surface area contributed by atoms with E-state index in [1.807, 2.05) is 54.0 Å². The minimum absolute atomic E-state index is 0.193. The van der Waals surface area contributed by atoms with Crippen LogP contribution in [0.25, 0.3) is 11.3 Å². The van der Waals surface area contributed by atoms with Crippen molar-refractivity contribution in [3.05, 3.63) is 94.3 Å². The number of nitrogens with one attached hydrogen (secondary N) is 1. The summed E-state index contributed by atoms with van der Waals surface area (Å²) in [4.78, 5) is 25.1. The molecule has 156 valence electrons. The van der Waals surface area contributed by atoms with Crippen LogP contribution in [-0.4, -0.2) is 32.0 Å². The Kier molecular flexibility index (Phi) is 6.18. The van der Waals surface area contributed by atoms with Crippen LogP contribution in [0.15, 0.2) is 78.3 Å². The molecule has 0 aliphatic heterocycles. The van der Waals surface area contributed by atoms with Gasteiger partial charge in [-0.15, -0.1) is 16.4 Å². The molecular formula is C23H20N4O3S. The highest BCUT2D eigenvalue weighted by Crippen LogP contribution is 2.20. The lowest BCUT2D eigenvalue weighted by Crippen LogP contribution is -2.30. The molecule has 2 aromatic heterocycles. The van der Waals surface area contributed by atoms with Gasteiger partial charge in [0.1, 0.15) is 5.69 Å². The average Bonchev–Trinajstić information content (AvgIpc) is 3.46. The van der Waals surface area contributed by atoms with E-state index in [1.54, 1.807) is 40.3 Å². The number of hydrogen-bond acceptors (Lipinski definition) is 5. The topological polar surface area (TPSA) is 97.1 Å². The quantitative estimate of drug-likeness (QED) is 0.439. The van der Waals surface area contributed by atoms with Gasteiger partial charge >= 0.3 is 5.97 Å². The Labute approximate surface area is 183 Å². The summed E-state index contributed by atoms with van der Waals surface area (Å²) in [6.07, 6.45) is 1.67. The first-order valence-electron chi connectivity index (χ1n) is 9.69. The molecule has 1 atom stereocenters. The Morgan fingerprint density at radius 1 is 1.03 bits per heavy atom. The zero-order valence-corrected chi connectivity index (χ0v) is 17.3. The number of carboxylic acid groups (broad SMARTS) is 1. The first-order valence-corrected chi connectivity index (χ1v) is 10.6. The number of benzene rings is 2. The van der Waals surface area contributed by atoms with Gasteiger partial charge in [0, 0.05) is 16.0 Å². The van der Waals surface area contributed by atoms with Crippen LogP contribution in [0.4, 0.5) is 0 Å². The third kappa shape index (κ3) is 5.23. The molecule has 0 unspecified atom stereocenters. The normalized spacial score (nSPS) is 11.7. The van der Waals surface area contributed by atoms with Crippen LogP contribution in [0.5, 0.6) is 0 Å². The van der Waals surface area contributed by atoms with E-state index in [9.17, 15) is 14.7 Å². The van der Waals surface area contributed by atoms with Gasteiger partial charge in [-0.3, -0.25) is 9.59 Å². The van der Waals surface area contributed by atoms with Crippen molar-refractivity contribution in [2.75, 3.05) is 0 Å². The van der Waals surface area contributed by atoms with Gasteiger partial charge < -0.3 is 10.4 Å². The number of thiophene rings is 1. The van der Waals surface area contributed by atoms with Crippen LogP contribution in [0.3, 0.4) is 0 Å². The highest BCUT2D eigenvalue weighted by Gasteiger charge is 2.19. The van der Waals surface area contributed by atoms with Crippen molar-refractivity contribution in [3.63, 3.8) is 0 Å². The molecule has 7 nitrogen and oxygen atoms in total. The van der Waals surface area contributed by atoms with Crippen LogP contribution in [0.1, 0.15) is 33.3 Å². The van der Waals surface area contributed by atoms with E-state index < -0.39 is 12.0 Å². The van der Waals surface area contributed by atoms with Gasteiger partial charge in [0.25, 0.3) is 5.91 Å². The number of carboxylic acids is 1. The van der Waals surface area contributed by atoms with Gasteiger partial charge in [-0.2, -0.15) is 0 Å². The third-order valence-electron chi connectivity index (χ3n) is 4.77. The minimum Gasteiger partial charge on any atom is -0.481 e. The number of aliphatic carboxylic acids is 1. The van der Waals surface area contributed by atoms with E-state index in [1.165, 1.54) is 4.88 Å². The maximum Gasteiger partial charge on any atom is 0.305 e. The van der Waals surface area contributed by atoms with E-state index in [4.69, 9.17) is 0 Å². The summed E-state index contributed by atoms with van der Waals surface area (Å²) in [6, 6.07) is 19.5. The molecule has 1 amide bonds. The fraction of sp³-hybridized carbons (Fsp3) is 0.130. The van der Waals surface area contributed by atoms with Gasteiger partial charge in [0.05, 0.1) is 25.2 Å². The second kappa shape index (κ2) is 9.36. The molecule has 2 aromatic carbocycles. The van der Waals surface area contributed by atoms with Crippen molar-refractivity contribution in [1.82, 2.24) is 20.3 Å². The van der Waals surface area contributed by atoms with Gasteiger partial charge in [-0.05, 0) is 29.1 Å². The molecule has 4 rings (SSSR count). The van der Waals surface area contributed by atoms with Crippen LogP contribution < -0.4 is 5.32 Å². The Morgan fingerprint density at radius 2 is 1.81 bits per heavy atom. The Morgan fingerprint density at radius 3 is 2.48 bits per heavy atom. The van der Waals surface area contributed by atoms with Gasteiger partial charge in [0.15, 0.2) is 0 Å². The molecule has 2 N–H and O–H groups in total. The molecule has 0 fully saturated rings. The Balaban J connectivity index is 1.45. The number of rotatable bonds is 8. The number of aromatic nitrogens is 3. The number of nitrogens with zero attached hydrogens (tertiary/aromatic N) is 3. The largest absolute Gasteiger partial charge is 0.481 e. The number of carbonyl (C=O) groups excluding carboxylic acids is 1. The highest BCUT2D eigenvalue weighted by molar-refractivity contribution is 7.09. The molecule has 0 saturated heterocycles. The average molecular weight is 433 g/mol. The van der Waals surface area contributed by atoms with Crippen LogP contribution in [0.2, 0.25) is 0 Å². The van der Waals surface area contributed by atoms with Crippen LogP contribution in [-0.2, 0) is 11.3 Å². The Hall–Kier alpha value is -3.78. The van der Waals surface area contributed by atoms with E-state index in [0.29, 0.717) is 12.1 Å². The molecular weight excluding hydrogens is 412 g/mol. The summed E-state index contributed by atoms with van der Waals surface area (Å²) in [5.41, 5.74) is 2.76.